The molecule has 1 N–H and O–H groups in total. The normalized spacial score (nSPS) is 19.8. The molecule has 0 spiro atoms. The number of nitrogens with one attached hydrogen (secondary N) is 1. The highest BCUT2D eigenvalue weighted by atomic mass is 35.5. The number of halogens is 1. The number of amides is 2. The van der Waals surface area contributed by atoms with E-state index < -0.39 is 16.1 Å². The van der Waals surface area contributed by atoms with Crippen molar-refractivity contribution in [2.24, 2.45) is 5.92 Å². The number of carbonyl (C=O) groups is 2. The third kappa shape index (κ3) is 4.80. The third-order valence-electron chi connectivity index (χ3n) is 6.29. The maximum absolute atomic E-state index is 13.3. The van der Waals surface area contributed by atoms with Crippen LogP contribution in [0, 0.1) is 17.2 Å². The number of likely N-dealkylation sites (tertiary alicyclic amines) is 1. The van der Waals surface area contributed by atoms with Crippen molar-refractivity contribution in [2.45, 2.75) is 36.7 Å². The number of carbonyl (C=O) groups excluding carboxylic acids is 2. The molecule has 0 radical (unpaired) electrons. The Morgan fingerprint density at radius 3 is 2.56 bits per heavy atom. The van der Waals surface area contributed by atoms with Gasteiger partial charge >= 0.3 is 0 Å². The Morgan fingerprint density at radius 1 is 1.18 bits per heavy atom. The molecule has 2 aliphatic heterocycles. The summed E-state index contributed by atoms with van der Waals surface area (Å²) in [5.41, 5.74) is 1.11. The zero-order chi connectivity index (χ0) is 24.5. The van der Waals surface area contributed by atoms with Crippen LogP contribution in [0.5, 0.6) is 0 Å². The average Bonchev–Trinajstić information content (AvgIpc) is 3.28. The molecule has 34 heavy (non-hydrogen) atoms. The summed E-state index contributed by atoms with van der Waals surface area (Å²) in [6.45, 7) is 2.58. The smallest absolute Gasteiger partial charge is 0.254 e. The molecule has 0 aliphatic carbocycles. The summed E-state index contributed by atoms with van der Waals surface area (Å²) in [4.78, 5) is 27.8. The van der Waals surface area contributed by atoms with Gasteiger partial charge in [0, 0.05) is 30.2 Å². The first-order chi connectivity index (χ1) is 16.2. The first kappa shape index (κ1) is 24.2. The van der Waals surface area contributed by atoms with Gasteiger partial charge in [-0.25, -0.2) is 8.42 Å². The molecule has 2 aromatic carbocycles. The van der Waals surface area contributed by atoms with Crippen LogP contribution in [0.4, 0.5) is 0 Å². The van der Waals surface area contributed by atoms with Crippen LogP contribution >= 0.6 is 11.6 Å². The topological polar surface area (TPSA) is 111 Å². The highest BCUT2D eigenvalue weighted by molar-refractivity contribution is 7.89. The molecule has 0 bridgehead atoms. The summed E-state index contributed by atoms with van der Waals surface area (Å²) < 4.78 is 26.9. The van der Waals surface area contributed by atoms with Crippen molar-refractivity contribution in [1.29, 1.82) is 5.26 Å². The SMILES string of the molecule is CC(NC(=O)[C@H]1CCCN1C(=O)c1cccc(S(=O)(=O)N2CC(C#N)C2)c1)c1ccc(Cl)cc1. The van der Waals surface area contributed by atoms with Crippen molar-refractivity contribution in [3.63, 3.8) is 0 Å². The van der Waals surface area contributed by atoms with E-state index in [2.05, 4.69) is 11.4 Å². The van der Waals surface area contributed by atoms with Crippen LogP contribution in [-0.4, -0.2) is 55.1 Å². The predicted molar refractivity (Wildman–Crippen MR) is 126 cm³/mol. The Bertz CT molecular complexity index is 1240. The molecule has 2 aliphatic rings. The zero-order valence-corrected chi connectivity index (χ0v) is 20.2. The van der Waals surface area contributed by atoms with Crippen molar-refractivity contribution in [2.75, 3.05) is 19.6 Å². The summed E-state index contributed by atoms with van der Waals surface area (Å²) in [5, 5.41) is 12.5. The fourth-order valence-electron chi connectivity index (χ4n) is 4.25. The summed E-state index contributed by atoms with van der Waals surface area (Å²) in [7, 11) is -3.78. The molecule has 2 saturated heterocycles. The fourth-order valence-corrected chi connectivity index (χ4v) is 5.95. The second-order valence-electron chi connectivity index (χ2n) is 8.61. The molecule has 4 rings (SSSR count). The monoisotopic (exact) mass is 500 g/mol. The molecule has 178 valence electrons. The van der Waals surface area contributed by atoms with Gasteiger partial charge in [0.1, 0.15) is 6.04 Å². The molecule has 1 unspecified atom stereocenters. The van der Waals surface area contributed by atoms with Crippen LogP contribution in [0.2, 0.25) is 5.02 Å². The summed E-state index contributed by atoms with van der Waals surface area (Å²) >= 11 is 5.93. The Hall–Kier alpha value is -2.93. The van der Waals surface area contributed by atoms with Crippen molar-refractivity contribution >= 4 is 33.4 Å². The van der Waals surface area contributed by atoms with E-state index in [1.807, 2.05) is 19.1 Å². The number of nitrogens with zero attached hydrogens (tertiary/aromatic N) is 3. The van der Waals surface area contributed by atoms with E-state index in [9.17, 15) is 18.0 Å². The van der Waals surface area contributed by atoms with E-state index in [0.717, 1.165) is 5.56 Å². The van der Waals surface area contributed by atoms with Gasteiger partial charge in [-0.3, -0.25) is 9.59 Å². The van der Waals surface area contributed by atoms with E-state index in [1.54, 1.807) is 18.2 Å². The fraction of sp³-hybridized carbons (Fsp3) is 0.375. The molecule has 10 heteroatoms. The van der Waals surface area contributed by atoms with Crippen molar-refractivity contribution in [3.8, 4) is 6.07 Å². The lowest BCUT2D eigenvalue weighted by Gasteiger charge is -2.34. The molecular weight excluding hydrogens is 476 g/mol. The maximum Gasteiger partial charge on any atom is 0.254 e. The second-order valence-corrected chi connectivity index (χ2v) is 11.0. The number of benzene rings is 2. The summed E-state index contributed by atoms with van der Waals surface area (Å²) in [6.07, 6.45) is 1.21. The van der Waals surface area contributed by atoms with Gasteiger partial charge < -0.3 is 10.2 Å². The van der Waals surface area contributed by atoms with Gasteiger partial charge in [-0.15, -0.1) is 0 Å². The van der Waals surface area contributed by atoms with Crippen molar-refractivity contribution < 1.29 is 18.0 Å². The van der Waals surface area contributed by atoms with Crippen LogP contribution in [0.3, 0.4) is 0 Å². The lowest BCUT2D eigenvalue weighted by atomic mass is 10.1. The Balaban J connectivity index is 1.47. The largest absolute Gasteiger partial charge is 0.348 e. The van der Waals surface area contributed by atoms with Gasteiger partial charge in [-0.05, 0) is 55.7 Å². The van der Waals surface area contributed by atoms with E-state index in [4.69, 9.17) is 16.9 Å². The molecule has 2 fully saturated rings. The van der Waals surface area contributed by atoms with Gasteiger partial charge in [0.25, 0.3) is 5.91 Å². The van der Waals surface area contributed by atoms with Gasteiger partial charge in [0.15, 0.2) is 0 Å². The predicted octanol–water partition coefficient (Wildman–Crippen LogP) is 2.97. The molecule has 0 aromatic heterocycles. The zero-order valence-electron chi connectivity index (χ0n) is 18.6. The standard InChI is InChI=1S/C24H25ClN4O4S/c1-16(18-7-9-20(25)10-8-18)27-23(30)22-6-3-11-29(22)24(31)19-4-2-5-21(12-19)34(32,33)28-14-17(13-26)15-28/h2,4-5,7-10,12,16-17,22H,3,6,11,14-15H2,1H3,(H,27,30)/t16?,22-/m1/s1. The second kappa shape index (κ2) is 9.74. The van der Waals surface area contributed by atoms with E-state index in [-0.39, 0.29) is 47.3 Å². The number of hydrogen-bond acceptors (Lipinski definition) is 5. The summed E-state index contributed by atoms with van der Waals surface area (Å²) in [5.74, 6) is -0.939. The van der Waals surface area contributed by atoms with Crippen LogP contribution in [0.15, 0.2) is 53.4 Å². The first-order valence-electron chi connectivity index (χ1n) is 11.1. The van der Waals surface area contributed by atoms with Gasteiger partial charge in [0.05, 0.1) is 22.9 Å². The highest BCUT2D eigenvalue weighted by Gasteiger charge is 2.38. The van der Waals surface area contributed by atoms with Crippen molar-refractivity contribution in [3.05, 3.63) is 64.7 Å². The molecule has 0 saturated carbocycles. The van der Waals surface area contributed by atoms with Crippen molar-refractivity contribution in [1.82, 2.24) is 14.5 Å². The number of hydrogen-bond donors (Lipinski definition) is 1. The van der Waals surface area contributed by atoms with Crippen LogP contribution in [-0.2, 0) is 14.8 Å². The molecule has 2 heterocycles. The van der Waals surface area contributed by atoms with E-state index in [0.29, 0.717) is 24.4 Å². The Morgan fingerprint density at radius 2 is 1.88 bits per heavy atom. The Labute approximate surface area is 204 Å². The van der Waals surface area contributed by atoms with E-state index in [1.165, 1.54) is 27.4 Å². The number of rotatable bonds is 6. The minimum absolute atomic E-state index is 0.00583. The molecule has 8 nitrogen and oxygen atoms in total. The van der Waals surface area contributed by atoms with Crippen LogP contribution in [0.25, 0.3) is 0 Å². The number of sulfonamides is 1. The van der Waals surface area contributed by atoms with Gasteiger partial charge in [0.2, 0.25) is 15.9 Å². The Kier molecular flexibility index (Phi) is 6.94. The quantitative estimate of drug-likeness (QED) is 0.655. The highest BCUT2D eigenvalue weighted by Crippen LogP contribution is 2.27. The third-order valence-corrected chi connectivity index (χ3v) is 8.37. The van der Waals surface area contributed by atoms with Crippen LogP contribution < -0.4 is 5.32 Å². The minimum Gasteiger partial charge on any atom is -0.348 e. The molecule has 2 amide bonds. The first-order valence-corrected chi connectivity index (χ1v) is 12.9. The minimum atomic E-state index is -3.78. The van der Waals surface area contributed by atoms with E-state index >= 15 is 0 Å². The molecular formula is C24H25ClN4O4S. The lowest BCUT2D eigenvalue weighted by molar-refractivity contribution is -0.125. The lowest BCUT2D eigenvalue weighted by Crippen LogP contribution is -2.49. The maximum atomic E-state index is 13.3. The molecule has 2 aromatic rings. The number of nitriles is 1. The average molecular weight is 501 g/mol. The summed E-state index contributed by atoms with van der Waals surface area (Å²) in [6, 6.07) is 14.2. The van der Waals surface area contributed by atoms with Crippen LogP contribution in [0.1, 0.15) is 41.7 Å². The van der Waals surface area contributed by atoms with Gasteiger partial charge in [-0.1, -0.05) is 29.8 Å². The van der Waals surface area contributed by atoms with Gasteiger partial charge in [-0.2, -0.15) is 9.57 Å². The molecule has 2 atom stereocenters.